The zero-order valence-corrected chi connectivity index (χ0v) is 14.0. The molecule has 0 aromatic heterocycles. The largest absolute Gasteiger partial charge is 0.493 e. The van der Waals surface area contributed by atoms with Gasteiger partial charge in [-0.15, -0.1) is 0 Å². The fourth-order valence-corrected chi connectivity index (χ4v) is 2.56. The number of aliphatic carboxylic acids is 1. The lowest BCUT2D eigenvalue weighted by molar-refractivity contribution is -0.134. The highest BCUT2D eigenvalue weighted by Gasteiger charge is 2.20. The van der Waals surface area contributed by atoms with Crippen LogP contribution in [0.3, 0.4) is 0 Å². The molecule has 1 fully saturated rings. The van der Waals surface area contributed by atoms with Gasteiger partial charge in [0.1, 0.15) is 0 Å². The van der Waals surface area contributed by atoms with Crippen LogP contribution in [-0.2, 0) is 9.59 Å². The molecular formula is C18H23NO5. The highest BCUT2D eigenvalue weighted by molar-refractivity contribution is 5.85. The monoisotopic (exact) mass is 333 g/mol. The lowest BCUT2D eigenvalue weighted by Gasteiger charge is -2.30. The van der Waals surface area contributed by atoms with Gasteiger partial charge in [0.2, 0.25) is 0 Å². The van der Waals surface area contributed by atoms with E-state index >= 15 is 0 Å². The molecule has 0 spiro atoms. The average molecular weight is 333 g/mol. The van der Waals surface area contributed by atoms with Gasteiger partial charge in [-0.3, -0.25) is 4.79 Å². The van der Waals surface area contributed by atoms with E-state index in [1.807, 2.05) is 4.90 Å². The molecule has 1 aromatic carbocycles. The van der Waals surface area contributed by atoms with Crippen LogP contribution in [0.2, 0.25) is 0 Å². The van der Waals surface area contributed by atoms with Crippen LogP contribution in [0.4, 0.5) is 0 Å². The van der Waals surface area contributed by atoms with Crippen LogP contribution in [0.15, 0.2) is 24.3 Å². The van der Waals surface area contributed by atoms with E-state index in [1.54, 1.807) is 18.2 Å². The maximum atomic E-state index is 12.2. The summed E-state index contributed by atoms with van der Waals surface area (Å²) < 4.78 is 10.8. The van der Waals surface area contributed by atoms with E-state index in [2.05, 4.69) is 6.92 Å². The number of amides is 1. The van der Waals surface area contributed by atoms with Gasteiger partial charge >= 0.3 is 5.97 Å². The Labute approximate surface area is 141 Å². The predicted octanol–water partition coefficient (Wildman–Crippen LogP) is 2.43. The van der Waals surface area contributed by atoms with Crippen LogP contribution >= 0.6 is 0 Å². The molecule has 1 aliphatic heterocycles. The number of carbonyl (C=O) groups is 2. The van der Waals surface area contributed by atoms with Gasteiger partial charge < -0.3 is 19.5 Å². The SMILES string of the molecule is COc1cc(C=CC(=O)O)ccc1OCC(=O)N1CCC(C)CC1. The van der Waals surface area contributed by atoms with Gasteiger partial charge in [0.15, 0.2) is 18.1 Å². The molecule has 0 radical (unpaired) electrons. The minimum absolute atomic E-state index is 0.0289. The molecule has 6 heteroatoms. The Bertz CT molecular complexity index is 618. The molecule has 0 bridgehead atoms. The molecule has 2 rings (SSSR count). The predicted molar refractivity (Wildman–Crippen MR) is 90.1 cm³/mol. The second-order valence-electron chi connectivity index (χ2n) is 5.93. The van der Waals surface area contributed by atoms with E-state index in [4.69, 9.17) is 14.6 Å². The number of rotatable bonds is 6. The van der Waals surface area contributed by atoms with Crippen LogP contribution in [0, 0.1) is 5.92 Å². The van der Waals surface area contributed by atoms with E-state index in [1.165, 1.54) is 13.2 Å². The number of likely N-dealkylation sites (tertiary alicyclic amines) is 1. The van der Waals surface area contributed by atoms with Crippen LogP contribution in [-0.4, -0.2) is 48.7 Å². The van der Waals surface area contributed by atoms with Crippen molar-refractivity contribution in [3.8, 4) is 11.5 Å². The van der Waals surface area contributed by atoms with Gasteiger partial charge in [-0.05, 0) is 42.5 Å². The van der Waals surface area contributed by atoms with E-state index < -0.39 is 5.97 Å². The van der Waals surface area contributed by atoms with E-state index in [9.17, 15) is 9.59 Å². The van der Waals surface area contributed by atoms with Crippen LogP contribution in [0.5, 0.6) is 11.5 Å². The molecule has 0 unspecified atom stereocenters. The number of carboxylic acid groups (broad SMARTS) is 1. The Balaban J connectivity index is 1.96. The first kappa shape index (κ1) is 17.8. The highest BCUT2D eigenvalue weighted by Crippen LogP contribution is 2.28. The minimum Gasteiger partial charge on any atom is -0.493 e. The lowest BCUT2D eigenvalue weighted by atomic mass is 9.99. The van der Waals surface area contributed by atoms with E-state index in [0.717, 1.165) is 32.0 Å². The van der Waals surface area contributed by atoms with E-state index in [0.29, 0.717) is 23.0 Å². The molecule has 1 amide bonds. The first-order valence-corrected chi connectivity index (χ1v) is 7.99. The molecule has 24 heavy (non-hydrogen) atoms. The Morgan fingerprint density at radius 2 is 2.00 bits per heavy atom. The van der Waals surface area contributed by atoms with Crippen molar-refractivity contribution in [2.75, 3.05) is 26.8 Å². The summed E-state index contributed by atoms with van der Waals surface area (Å²) in [7, 11) is 1.50. The number of hydrogen-bond donors (Lipinski definition) is 1. The summed E-state index contributed by atoms with van der Waals surface area (Å²) in [5.74, 6) is 0.544. The topological polar surface area (TPSA) is 76.1 Å². The third kappa shape index (κ3) is 5.01. The summed E-state index contributed by atoms with van der Waals surface area (Å²) in [5, 5.41) is 8.66. The van der Waals surface area contributed by atoms with Gasteiger partial charge in [0, 0.05) is 19.2 Å². The molecule has 1 aliphatic rings. The number of nitrogens with zero attached hydrogens (tertiary/aromatic N) is 1. The number of hydrogen-bond acceptors (Lipinski definition) is 4. The third-order valence-electron chi connectivity index (χ3n) is 4.09. The molecule has 1 saturated heterocycles. The molecule has 0 saturated carbocycles. The normalized spacial score (nSPS) is 15.5. The van der Waals surface area contributed by atoms with Crippen molar-refractivity contribution in [3.63, 3.8) is 0 Å². The van der Waals surface area contributed by atoms with Crippen molar-refractivity contribution in [3.05, 3.63) is 29.8 Å². The minimum atomic E-state index is -1.02. The smallest absolute Gasteiger partial charge is 0.328 e. The van der Waals surface area contributed by atoms with Crippen molar-refractivity contribution in [2.24, 2.45) is 5.92 Å². The van der Waals surface area contributed by atoms with E-state index in [-0.39, 0.29) is 12.5 Å². The molecule has 0 aliphatic carbocycles. The Hall–Kier alpha value is -2.50. The van der Waals surface area contributed by atoms with Gasteiger partial charge in [-0.2, -0.15) is 0 Å². The Morgan fingerprint density at radius 3 is 2.62 bits per heavy atom. The van der Waals surface area contributed by atoms with Gasteiger partial charge in [0.25, 0.3) is 5.91 Å². The number of carbonyl (C=O) groups excluding carboxylic acids is 1. The third-order valence-corrected chi connectivity index (χ3v) is 4.09. The fraction of sp³-hybridized carbons (Fsp3) is 0.444. The van der Waals surface area contributed by atoms with Gasteiger partial charge in [-0.25, -0.2) is 4.79 Å². The first-order valence-electron chi connectivity index (χ1n) is 7.99. The second-order valence-corrected chi connectivity index (χ2v) is 5.93. The molecule has 6 nitrogen and oxygen atoms in total. The van der Waals surface area contributed by atoms with Crippen molar-refractivity contribution in [1.82, 2.24) is 4.90 Å². The number of methoxy groups -OCH3 is 1. The average Bonchev–Trinajstić information content (AvgIpc) is 2.58. The van der Waals surface area contributed by atoms with Crippen LogP contribution in [0.1, 0.15) is 25.3 Å². The number of benzene rings is 1. The summed E-state index contributed by atoms with van der Waals surface area (Å²) in [5.41, 5.74) is 0.679. The first-order chi connectivity index (χ1) is 11.5. The summed E-state index contributed by atoms with van der Waals surface area (Å²) in [6.45, 7) is 3.72. The summed E-state index contributed by atoms with van der Waals surface area (Å²) in [6.07, 6.45) is 4.57. The molecule has 0 atom stereocenters. The fourth-order valence-electron chi connectivity index (χ4n) is 2.56. The van der Waals surface area contributed by atoms with Crippen molar-refractivity contribution in [2.45, 2.75) is 19.8 Å². The van der Waals surface area contributed by atoms with Gasteiger partial charge in [-0.1, -0.05) is 13.0 Å². The summed E-state index contributed by atoms with van der Waals surface area (Å²) in [6, 6.07) is 5.05. The zero-order valence-electron chi connectivity index (χ0n) is 14.0. The van der Waals surface area contributed by atoms with Gasteiger partial charge in [0.05, 0.1) is 7.11 Å². The number of ether oxygens (including phenoxy) is 2. The van der Waals surface area contributed by atoms with Crippen molar-refractivity contribution >= 4 is 18.0 Å². The lowest BCUT2D eigenvalue weighted by Crippen LogP contribution is -2.40. The molecule has 130 valence electrons. The zero-order chi connectivity index (χ0) is 17.5. The maximum Gasteiger partial charge on any atom is 0.328 e. The van der Waals surface area contributed by atoms with Crippen LogP contribution < -0.4 is 9.47 Å². The summed E-state index contributed by atoms with van der Waals surface area (Å²) in [4.78, 5) is 24.6. The second kappa shape index (κ2) is 8.38. The molecule has 1 aromatic rings. The van der Waals surface area contributed by atoms with Crippen molar-refractivity contribution < 1.29 is 24.2 Å². The quantitative estimate of drug-likeness (QED) is 0.809. The highest BCUT2D eigenvalue weighted by atomic mass is 16.5. The molecular weight excluding hydrogens is 310 g/mol. The standard InChI is InChI=1S/C18H23NO5/c1-13-7-9-19(10-8-13)17(20)12-24-15-5-3-14(4-6-18(21)22)11-16(15)23-2/h3-6,11,13H,7-10,12H2,1-2H3,(H,21,22). The summed E-state index contributed by atoms with van der Waals surface area (Å²) >= 11 is 0. The Kier molecular flexibility index (Phi) is 6.23. The Morgan fingerprint density at radius 1 is 1.29 bits per heavy atom. The van der Waals surface area contributed by atoms with Crippen LogP contribution in [0.25, 0.3) is 6.08 Å². The molecule has 1 heterocycles. The number of carboxylic acids is 1. The molecule has 1 N–H and O–H groups in total. The van der Waals surface area contributed by atoms with Crippen molar-refractivity contribution in [1.29, 1.82) is 0 Å². The maximum absolute atomic E-state index is 12.2. The number of piperidine rings is 1.